The number of thiophene rings is 1. The number of alkyl carbamates (subject to hydrolysis) is 1. The Morgan fingerprint density at radius 1 is 1.23 bits per heavy atom. The molecule has 1 atom stereocenters. The van der Waals surface area contributed by atoms with Gasteiger partial charge in [-0.2, -0.15) is 5.26 Å². The van der Waals surface area contributed by atoms with E-state index in [2.05, 4.69) is 30.1 Å². The van der Waals surface area contributed by atoms with E-state index in [0.29, 0.717) is 6.42 Å². The van der Waals surface area contributed by atoms with E-state index in [1.165, 1.54) is 28.3 Å². The third-order valence-electron chi connectivity index (χ3n) is 4.69. The Morgan fingerprint density at radius 3 is 2.23 bits per heavy atom. The summed E-state index contributed by atoms with van der Waals surface area (Å²) < 4.78 is 4.96. The highest BCUT2D eigenvalue weighted by Crippen LogP contribution is 2.37. The molecule has 0 unspecified atom stereocenters. The molecule has 0 aliphatic carbocycles. The molecule has 30 heavy (non-hydrogen) atoms. The fourth-order valence-electron chi connectivity index (χ4n) is 3.24. The largest absolute Gasteiger partial charge is 0.444 e. The number of nitrogens with zero attached hydrogens (tertiary/aromatic N) is 2. The van der Waals surface area contributed by atoms with Crippen LogP contribution in [0, 0.1) is 11.3 Å². The molecule has 0 spiro atoms. The van der Waals surface area contributed by atoms with Crippen molar-refractivity contribution in [3.8, 4) is 6.07 Å². The van der Waals surface area contributed by atoms with Gasteiger partial charge in [0.1, 0.15) is 22.7 Å². The second kappa shape index (κ2) is 11.8. The van der Waals surface area contributed by atoms with Gasteiger partial charge >= 0.3 is 6.09 Å². The summed E-state index contributed by atoms with van der Waals surface area (Å²) in [4.78, 5) is 25.8. The van der Waals surface area contributed by atoms with Gasteiger partial charge in [-0.3, -0.25) is 4.79 Å². The van der Waals surface area contributed by atoms with Gasteiger partial charge < -0.3 is 20.7 Å². The van der Waals surface area contributed by atoms with Crippen molar-refractivity contribution in [1.82, 2.24) is 5.32 Å². The Balaban J connectivity index is 0.000000304. The number of carbonyl (C=O) groups is 2. The summed E-state index contributed by atoms with van der Waals surface area (Å²) in [5.41, 5.74) is 6.72. The fraction of sp³-hybridized carbons (Fsp3) is 0.682. The van der Waals surface area contributed by atoms with Crippen LogP contribution in [-0.4, -0.2) is 36.7 Å². The first-order chi connectivity index (χ1) is 14.1. The standard InChI is InChI=1S/C13H18N2S.C9H18N2O3/c1-3-10-11(9-14)13(16-12(10)4-2)15-7-5-6-8-15;1-5-6(7(10)12)11-8(13)14-9(2,3)4/h3-8H2,1-2H3;6H,5H2,1-4H3,(H2,10,12)(H,11,13)/t;6-/m.0/s1. The number of nitrogens with two attached hydrogens (primary N) is 1. The van der Waals surface area contributed by atoms with Crippen molar-refractivity contribution in [3.63, 3.8) is 0 Å². The molecule has 1 aromatic heterocycles. The zero-order valence-corrected chi connectivity index (χ0v) is 19.9. The fourth-order valence-corrected chi connectivity index (χ4v) is 4.57. The summed E-state index contributed by atoms with van der Waals surface area (Å²) in [6.07, 6.45) is 4.40. The van der Waals surface area contributed by atoms with Crippen LogP contribution in [0.4, 0.5) is 9.80 Å². The van der Waals surface area contributed by atoms with Gasteiger partial charge in [0, 0.05) is 18.0 Å². The Kier molecular flexibility index (Phi) is 10.1. The number of aryl methyl sites for hydroxylation is 1. The molecule has 0 radical (unpaired) electrons. The first kappa shape index (κ1) is 25.8. The number of nitrogens with one attached hydrogen (secondary N) is 1. The number of ether oxygens (including phenoxy) is 1. The summed E-state index contributed by atoms with van der Waals surface area (Å²) in [6.45, 7) is 13.6. The topological polar surface area (TPSA) is 108 Å². The van der Waals surface area contributed by atoms with E-state index in [1.807, 2.05) is 11.3 Å². The van der Waals surface area contributed by atoms with E-state index in [0.717, 1.165) is 31.5 Å². The molecular weight excluding hydrogens is 400 g/mol. The van der Waals surface area contributed by atoms with Crippen LogP contribution in [0.15, 0.2) is 0 Å². The smallest absolute Gasteiger partial charge is 0.408 e. The number of amides is 2. The summed E-state index contributed by atoms with van der Waals surface area (Å²) in [5.74, 6) is -0.557. The molecule has 168 valence electrons. The van der Waals surface area contributed by atoms with E-state index in [4.69, 9.17) is 10.5 Å². The minimum absolute atomic E-state index is 0.453. The molecule has 2 amide bonds. The number of hydrogen-bond donors (Lipinski definition) is 2. The van der Waals surface area contributed by atoms with Crippen LogP contribution < -0.4 is 16.0 Å². The molecule has 7 nitrogen and oxygen atoms in total. The molecule has 2 rings (SSSR count). The van der Waals surface area contributed by atoms with Gasteiger partial charge in [0.25, 0.3) is 0 Å². The number of carbonyl (C=O) groups excluding carboxylic acids is 2. The molecule has 1 fully saturated rings. The van der Waals surface area contributed by atoms with E-state index in [9.17, 15) is 14.9 Å². The van der Waals surface area contributed by atoms with Crippen molar-refractivity contribution >= 4 is 28.3 Å². The molecule has 1 aliphatic heterocycles. The minimum atomic E-state index is -0.662. The molecule has 1 aliphatic rings. The van der Waals surface area contributed by atoms with E-state index < -0.39 is 23.6 Å². The van der Waals surface area contributed by atoms with Crippen LogP contribution in [0.25, 0.3) is 0 Å². The predicted octanol–water partition coefficient (Wildman–Crippen LogP) is 4.12. The lowest BCUT2D eigenvalue weighted by Gasteiger charge is -2.21. The summed E-state index contributed by atoms with van der Waals surface area (Å²) in [7, 11) is 0. The van der Waals surface area contributed by atoms with E-state index in [1.54, 1.807) is 27.7 Å². The molecule has 1 aromatic rings. The van der Waals surface area contributed by atoms with Gasteiger partial charge in [-0.15, -0.1) is 11.3 Å². The lowest BCUT2D eigenvalue weighted by atomic mass is 10.1. The maximum Gasteiger partial charge on any atom is 0.408 e. The lowest BCUT2D eigenvalue weighted by Crippen LogP contribution is -2.45. The van der Waals surface area contributed by atoms with Gasteiger partial charge in [-0.1, -0.05) is 20.8 Å². The highest BCUT2D eigenvalue weighted by molar-refractivity contribution is 7.16. The number of hydrogen-bond acceptors (Lipinski definition) is 6. The van der Waals surface area contributed by atoms with Gasteiger partial charge in [0.05, 0.1) is 5.56 Å². The van der Waals surface area contributed by atoms with Gasteiger partial charge in [-0.25, -0.2) is 4.79 Å². The number of anilines is 1. The molecule has 0 aromatic carbocycles. The first-order valence-electron chi connectivity index (χ1n) is 10.7. The van der Waals surface area contributed by atoms with Crippen LogP contribution in [0.5, 0.6) is 0 Å². The maximum absolute atomic E-state index is 11.2. The van der Waals surface area contributed by atoms with Gasteiger partial charge in [-0.05, 0) is 58.4 Å². The lowest BCUT2D eigenvalue weighted by molar-refractivity contribution is -0.120. The third kappa shape index (κ3) is 7.52. The average molecular weight is 437 g/mol. The van der Waals surface area contributed by atoms with Crippen LogP contribution in [0.1, 0.15) is 76.8 Å². The molecule has 2 heterocycles. The zero-order valence-electron chi connectivity index (χ0n) is 19.1. The molecule has 1 saturated heterocycles. The van der Waals surface area contributed by atoms with E-state index >= 15 is 0 Å². The van der Waals surface area contributed by atoms with Crippen LogP contribution in [0.3, 0.4) is 0 Å². The monoisotopic (exact) mass is 436 g/mol. The minimum Gasteiger partial charge on any atom is -0.444 e. The Hall–Kier alpha value is -2.27. The third-order valence-corrected chi connectivity index (χ3v) is 6.13. The summed E-state index contributed by atoms with van der Waals surface area (Å²) >= 11 is 1.84. The number of nitriles is 1. The second-order valence-electron chi connectivity index (χ2n) is 8.21. The van der Waals surface area contributed by atoms with Crippen LogP contribution in [-0.2, 0) is 22.4 Å². The highest BCUT2D eigenvalue weighted by atomic mass is 32.1. The van der Waals surface area contributed by atoms with Crippen molar-refractivity contribution in [1.29, 1.82) is 5.26 Å². The maximum atomic E-state index is 11.2. The normalized spacial score (nSPS) is 14.4. The van der Waals surface area contributed by atoms with Crippen molar-refractivity contribution < 1.29 is 14.3 Å². The molecule has 0 bridgehead atoms. The van der Waals surface area contributed by atoms with Gasteiger partial charge in [0.2, 0.25) is 5.91 Å². The van der Waals surface area contributed by atoms with Crippen molar-refractivity contribution in [2.24, 2.45) is 5.73 Å². The molecule has 3 N–H and O–H groups in total. The Bertz CT molecular complexity index is 756. The van der Waals surface area contributed by atoms with E-state index in [-0.39, 0.29) is 0 Å². The SMILES string of the molecule is CC[C@H](NC(=O)OC(C)(C)C)C(N)=O.CCc1sc(N2CCCC2)c(C#N)c1CC. The zero-order chi connectivity index (χ0) is 22.9. The number of primary amides is 1. The molecule has 0 saturated carbocycles. The molecular formula is C22H36N4O3S. The summed E-state index contributed by atoms with van der Waals surface area (Å²) in [6, 6.07) is 1.75. The van der Waals surface area contributed by atoms with Gasteiger partial charge in [0.15, 0.2) is 0 Å². The first-order valence-corrected chi connectivity index (χ1v) is 11.5. The Labute approximate surface area is 184 Å². The average Bonchev–Trinajstić information content (AvgIpc) is 3.31. The quantitative estimate of drug-likeness (QED) is 0.697. The van der Waals surface area contributed by atoms with Crippen LogP contribution >= 0.6 is 11.3 Å². The number of rotatable bonds is 6. The second-order valence-corrected chi connectivity index (χ2v) is 9.29. The highest BCUT2D eigenvalue weighted by Gasteiger charge is 2.23. The van der Waals surface area contributed by atoms with Crippen molar-refractivity contribution in [2.75, 3.05) is 18.0 Å². The van der Waals surface area contributed by atoms with Crippen LogP contribution in [0.2, 0.25) is 0 Å². The Morgan fingerprint density at radius 2 is 1.83 bits per heavy atom. The molecule has 8 heteroatoms. The summed E-state index contributed by atoms with van der Waals surface area (Å²) in [5, 5.41) is 12.9. The predicted molar refractivity (Wildman–Crippen MR) is 122 cm³/mol. The van der Waals surface area contributed by atoms with Crippen molar-refractivity contribution in [3.05, 3.63) is 16.0 Å². The van der Waals surface area contributed by atoms with Crippen molar-refractivity contribution in [2.45, 2.75) is 85.3 Å².